The molecule has 6 heteroatoms. The third-order valence-corrected chi connectivity index (χ3v) is 5.97. The summed E-state index contributed by atoms with van der Waals surface area (Å²) >= 11 is 0. The van der Waals surface area contributed by atoms with Crippen molar-refractivity contribution in [3.8, 4) is 11.5 Å². The van der Waals surface area contributed by atoms with E-state index < -0.39 is 0 Å². The van der Waals surface area contributed by atoms with Gasteiger partial charge in [-0.3, -0.25) is 14.8 Å². The molecule has 2 fully saturated rings. The number of amides is 1. The number of rotatable bonds is 5. The first-order chi connectivity index (χ1) is 12.7. The van der Waals surface area contributed by atoms with Gasteiger partial charge in [-0.05, 0) is 63.9 Å². The van der Waals surface area contributed by atoms with Gasteiger partial charge in [0, 0.05) is 17.7 Å². The second-order valence-corrected chi connectivity index (χ2v) is 7.66. The molecule has 0 bridgehead atoms. The average Bonchev–Trinajstić information content (AvgIpc) is 3.42. The minimum atomic E-state index is -0.0444. The number of nitrogens with zero attached hydrogens (tertiary/aromatic N) is 2. The van der Waals surface area contributed by atoms with Crippen molar-refractivity contribution in [1.29, 1.82) is 0 Å². The van der Waals surface area contributed by atoms with Gasteiger partial charge in [0.25, 0.3) is 0 Å². The molecule has 140 valence electrons. The molecule has 1 aliphatic heterocycles. The first-order valence-electron chi connectivity index (χ1n) is 9.84. The van der Waals surface area contributed by atoms with Crippen LogP contribution in [0.25, 0.3) is 11.5 Å². The van der Waals surface area contributed by atoms with E-state index >= 15 is 0 Å². The summed E-state index contributed by atoms with van der Waals surface area (Å²) in [4.78, 5) is 14.8. The van der Waals surface area contributed by atoms with E-state index in [1.807, 2.05) is 19.1 Å². The lowest BCUT2D eigenvalue weighted by Gasteiger charge is -2.35. The summed E-state index contributed by atoms with van der Waals surface area (Å²) < 4.78 is 5.41. The van der Waals surface area contributed by atoms with Gasteiger partial charge < -0.3 is 9.73 Å². The molecule has 3 heterocycles. The fourth-order valence-corrected chi connectivity index (χ4v) is 4.25. The van der Waals surface area contributed by atoms with Crippen molar-refractivity contribution in [2.24, 2.45) is 0 Å². The Labute approximate surface area is 154 Å². The van der Waals surface area contributed by atoms with E-state index in [1.165, 1.54) is 18.5 Å². The molecule has 26 heavy (non-hydrogen) atoms. The number of nitrogens with one attached hydrogen (secondary N) is 2. The molecule has 0 spiro atoms. The van der Waals surface area contributed by atoms with Crippen LogP contribution >= 0.6 is 0 Å². The molecule has 1 amide bonds. The number of hydrogen-bond acceptors (Lipinski definition) is 4. The highest BCUT2D eigenvalue weighted by molar-refractivity contribution is 5.81. The van der Waals surface area contributed by atoms with E-state index in [9.17, 15) is 4.79 Å². The second-order valence-electron chi connectivity index (χ2n) is 7.66. The molecule has 1 aliphatic carbocycles. The van der Waals surface area contributed by atoms with E-state index in [0.717, 1.165) is 50.2 Å². The molecule has 0 radical (unpaired) electrons. The van der Waals surface area contributed by atoms with E-state index in [-0.39, 0.29) is 11.9 Å². The van der Waals surface area contributed by atoms with Gasteiger partial charge in [0.2, 0.25) is 5.91 Å². The van der Waals surface area contributed by atoms with Crippen LogP contribution in [0.3, 0.4) is 0 Å². The highest BCUT2D eigenvalue weighted by atomic mass is 16.3. The first-order valence-corrected chi connectivity index (χ1v) is 9.84. The Hall–Kier alpha value is -2.08. The lowest BCUT2D eigenvalue weighted by molar-refractivity contribution is -0.127. The van der Waals surface area contributed by atoms with Gasteiger partial charge in [0.1, 0.15) is 5.69 Å². The van der Waals surface area contributed by atoms with E-state index in [2.05, 4.69) is 26.5 Å². The van der Waals surface area contributed by atoms with Crippen LogP contribution in [0.2, 0.25) is 0 Å². The van der Waals surface area contributed by atoms with Crippen molar-refractivity contribution in [1.82, 2.24) is 20.4 Å². The summed E-state index contributed by atoms with van der Waals surface area (Å²) in [5, 5.41) is 10.8. The van der Waals surface area contributed by atoms with Crippen LogP contribution < -0.4 is 5.32 Å². The van der Waals surface area contributed by atoms with Crippen LogP contribution in [0.15, 0.2) is 28.9 Å². The van der Waals surface area contributed by atoms with Gasteiger partial charge in [0.15, 0.2) is 5.76 Å². The monoisotopic (exact) mass is 356 g/mol. The maximum Gasteiger partial charge on any atom is 0.237 e. The van der Waals surface area contributed by atoms with Crippen LogP contribution in [-0.2, 0) is 4.79 Å². The van der Waals surface area contributed by atoms with Gasteiger partial charge in [-0.15, -0.1) is 0 Å². The van der Waals surface area contributed by atoms with Crippen LogP contribution in [0.1, 0.15) is 57.1 Å². The van der Waals surface area contributed by atoms with Gasteiger partial charge in [0.05, 0.1) is 12.3 Å². The molecule has 2 aromatic rings. The zero-order chi connectivity index (χ0) is 17.9. The molecular formula is C20H28N4O2. The minimum Gasteiger partial charge on any atom is -0.463 e. The molecule has 1 saturated heterocycles. The van der Waals surface area contributed by atoms with Crippen molar-refractivity contribution < 1.29 is 9.21 Å². The Morgan fingerprint density at radius 1 is 1.31 bits per heavy atom. The normalized spacial score (nSPS) is 21.1. The highest BCUT2D eigenvalue weighted by Crippen LogP contribution is 2.30. The zero-order valence-corrected chi connectivity index (χ0v) is 15.4. The molecule has 0 aromatic carbocycles. The highest BCUT2D eigenvalue weighted by Gasteiger charge is 2.29. The van der Waals surface area contributed by atoms with Crippen molar-refractivity contribution >= 4 is 5.91 Å². The van der Waals surface area contributed by atoms with Crippen molar-refractivity contribution in [3.63, 3.8) is 0 Å². The fraction of sp³-hybridized carbons (Fsp3) is 0.600. The quantitative estimate of drug-likeness (QED) is 0.862. The predicted molar refractivity (Wildman–Crippen MR) is 99.7 cm³/mol. The molecule has 2 aliphatic rings. The van der Waals surface area contributed by atoms with Gasteiger partial charge in [-0.1, -0.05) is 12.8 Å². The Morgan fingerprint density at radius 3 is 2.77 bits per heavy atom. The maximum atomic E-state index is 12.5. The number of piperidine rings is 1. The number of carbonyl (C=O) groups is 1. The summed E-state index contributed by atoms with van der Waals surface area (Å²) in [6, 6.07) is 6.24. The van der Waals surface area contributed by atoms with Gasteiger partial charge in [-0.2, -0.15) is 5.10 Å². The molecule has 1 unspecified atom stereocenters. The van der Waals surface area contributed by atoms with Crippen LogP contribution in [0, 0.1) is 0 Å². The number of likely N-dealkylation sites (tertiary alicyclic amines) is 1. The fourth-order valence-electron chi connectivity index (χ4n) is 4.25. The maximum absolute atomic E-state index is 12.5. The average molecular weight is 356 g/mol. The van der Waals surface area contributed by atoms with Crippen molar-refractivity contribution in [2.75, 3.05) is 13.1 Å². The standard InChI is InChI=1S/C20H28N4O2/c1-14(20(25)21-16-5-2-3-6-16)24-10-8-15(9-11-24)17-13-18(23-22-17)19-7-4-12-26-19/h4,7,12-16H,2-3,5-6,8-11H2,1H3,(H,21,25)(H,22,23). The smallest absolute Gasteiger partial charge is 0.237 e. The molecular weight excluding hydrogens is 328 g/mol. The summed E-state index contributed by atoms with van der Waals surface area (Å²) in [6.45, 7) is 3.92. The number of hydrogen-bond donors (Lipinski definition) is 2. The zero-order valence-electron chi connectivity index (χ0n) is 15.4. The Bertz CT molecular complexity index is 710. The van der Waals surface area contributed by atoms with E-state index in [0.29, 0.717) is 12.0 Å². The number of furan rings is 1. The number of carbonyl (C=O) groups excluding carboxylic acids is 1. The SMILES string of the molecule is CC(C(=O)NC1CCCC1)N1CCC(c2cc(-c3ccco3)n[nH]2)CC1. The molecule has 6 nitrogen and oxygen atoms in total. The summed E-state index contributed by atoms with van der Waals surface area (Å²) in [7, 11) is 0. The van der Waals surface area contributed by atoms with Crippen LogP contribution in [0.4, 0.5) is 0 Å². The van der Waals surface area contributed by atoms with Crippen molar-refractivity contribution in [3.05, 3.63) is 30.2 Å². The van der Waals surface area contributed by atoms with E-state index in [1.54, 1.807) is 6.26 Å². The van der Waals surface area contributed by atoms with Gasteiger partial charge in [-0.25, -0.2) is 0 Å². The molecule has 4 rings (SSSR count). The van der Waals surface area contributed by atoms with Crippen LogP contribution in [-0.4, -0.2) is 46.2 Å². The number of H-pyrrole nitrogens is 1. The number of aromatic amines is 1. The lowest BCUT2D eigenvalue weighted by Crippen LogP contribution is -2.50. The van der Waals surface area contributed by atoms with E-state index in [4.69, 9.17) is 4.42 Å². The van der Waals surface area contributed by atoms with Crippen molar-refractivity contribution in [2.45, 2.75) is 63.5 Å². The first kappa shape index (κ1) is 17.3. The Balaban J connectivity index is 1.30. The third kappa shape index (κ3) is 3.70. The summed E-state index contributed by atoms with van der Waals surface area (Å²) in [6.07, 6.45) is 8.52. The second kappa shape index (κ2) is 7.66. The topological polar surface area (TPSA) is 74.2 Å². The minimum absolute atomic E-state index is 0.0444. The summed E-state index contributed by atoms with van der Waals surface area (Å²) in [5.74, 6) is 1.45. The Kier molecular flexibility index (Phi) is 5.11. The molecule has 1 saturated carbocycles. The molecule has 1 atom stereocenters. The largest absolute Gasteiger partial charge is 0.463 e. The molecule has 2 aromatic heterocycles. The third-order valence-electron chi connectivity index (χ3n) is 5.97. The Morgan fingerprint density at radius 2 is 2.08 bits per heavy atom. The summed E-state index contributed by atoms with van der Waals surface area (Å²) in [5.41, 5.74) is 2.02. The lowest BCUT2D eigenvalue weighted by atomic mass is 9.92. The van der Waals surface area contributed by atoms with Gasteiger partial charge >= 0.3 is 0 Å². The predicted octanol–water partition coefficient (Wildman–Crippen LogP) is 3.30. The molecule has 2 N–H and O–H groups in total. The number of aromatic nitrogens is 2. The van der Waals surface area contributed by atoms with Crippen LogP contribution in [0.5, 0.6) is 0 Å².